The maximum Gasteiger partial charge on any atom is 0.208 e. The Morgan fingerprint density at radius 1 is 1.12 bits per heavy atom. The predicted octanol–water partition coefficient (Wildman–Crippen LogP) is 3.66. The van der Waals surface area contributed by atoms with Gasteiger partial charge in [-0.3, -0.25) is 0 Å². The van der Waals surface area contributed by atoms with E-state index >= 15 is 0 Å². The molecule has 2 heterocycles. The number of nitrogens with one attached hydrogen (secondary N) is 1. The first-order chi connectivity index (χ1) is 11.6. The zero-order valence-corrected chi connectivity index (χ0v) is 14.5. The molecule has 4 nitrogen and oxygen atoms in total. The van der Waals surface area contributed by atoms with Crippen molar-refractivity contribution in [3.8, 4) is 0 Å². The van der Waals surface area contributed by atoms with Crippen LogP contribution in [0.5, 0.6) is 0 Å². The van der Waals surface area contributed by atoms with Crippen LogP contribution in [0.25, 0.3) is 10.9 Å². The van der Waals surface area contributed by atoms with E-state index in [-0.39, 0.29) is 10.9 Å². The lowest BCUT2D eigenvalue weighted by molar-refractivity contribution is 0.560. The van der Waals surface area contributed by atoms with Crippen LogP contribution in [0.15, 0.2) is 64.5 Å². The standard InChI is InChI=1S/C18H17ClN2O2S/c19-13-4-3-5-15(10-13)24(22,23)18-12-21(14-8-9-20-11-14)17-7-2-1-6-16(17)18/h1-7,10,12,14,20H,8-9,11H2. The van der Waals surface area contributed by atoms with Gasteiger partial charge < -0.3 is 9.88 Å². The van der Waals surface area contributed by atoms with Crippen molar-refractivity contribution < 1.29 is 8.42 Å². The third kappa shape index (κ3) is 2.53. The molecular weight excluding hydrogens is 344 g/mol. The van der Waals surface area contributed by atoms with E-state index in [2.05, 4.69) is 9.88 Å². The minimum atomic E-state index is -3.62. The largest absolute Gasteiger partial charge is 0.342 e. The minimum absolute atomic E-state index is 0.224. The molecule has 3 aromatic rings. The molecule has 2 aromatic carbocycles. The van der Waals surface area contributed by atoms with Gasteiger partial charge >= 0.3 is 0 Å². The fraction of sp³-hybridized carbons (Fsp3) is 0.222. The topological polar surface area (TPSA) is 51.1 Å². The number of para-hydroxylation sites is 1. The summed E-state index contributed by atoms with van der Waals surface area (Å²) in [6, 6.07) is 14.4. The number of fused-ring (bicyclic) bond motifs is 1. The molecule has 0 radical (unpaired) electrons. The van der Waals surface area contributed by atoms with E-state index in [9.17, 15) is 8.42 Å². The highest BCUT2D eigenvalue weighted by Gasteiger charge is 2.26. The lowest BCUT2D eigenvalue weighted by Crippen LogP contribution is -2.12. The number of hydrogen-bond acceptors (Lipinski definition) is 3. The Balaban J connectivity index is 1.93. The maximum atomic E-state index is 13.1. The van der Waals surface area contributed by atoms with Crippen molar-refractivity contribution in [2.24, 2.45) is 0 Å². The molecule has 0 amide bonds. The van der Waals surface area contributed by atoms with Gasteiger partial charge in [0.05, 0.1) is 9.79 Å². The van der Waals surface area contributed by atoms with Gasteiger partial charge in [-0.05, 0) is 37.2 Å². The van der Waals surface area contributed by atoms with Crippen molar-refractivity contribution in [3.05, 3.63) is 59.8 Å². The highest BCUT2D eigenvalue weighted by Crippen LogP contribution is 2.33. The minimum Gasteiger partial charge on any atom is -0.342 e. The van der Waals surface area contributed by atoms with Crippen molar-refractivity contribution in [1.82, 2.24) is 9.88 Å². The zero-order chi connectivity index (χ0) is 16.7. The van der Waals surface area contributed by atoms with E-state index in [1.165, 1.54) is 6.07 Å². The molecule has 1 aromatic heterocycles. The summed E-state index contributed by atoms with van der Waals surface area (Å²) in [6.45, 7) is 1.81. The monoisotopic (exact) mass is 360 g/mol. The quantitative estimate of drug-likeness (QED) is 0.775. The number of nitrogens with zero attached hydrogens (tertiary/aromatic N) is 1. The number of rotatable bonds is 3. The molecule has 6 heteroatoms. The third-order valence-corrected chi connectivity index (χ3v) is 6.54. The Hall–Kier alpha value is -1.82. The summed E-state index contributed by atoms with van der Waals surface area (Å²) in [4.78, 5) is 0.565. The fourth-order valence-corrected chi connectivity index (χ4v) is 5.09. The van der Waals surface area contributed by atoms with Crippen LogP contribution in [0, 0.1) is 0 Å². The van der Waals surface area contributed by atoms with E-state index in [1.54, 1.807) is 24.4 Å². The molecule has 124 valence electrons. The smallest absolute Gasteiger partial charge is 0.208 e. The summed E-state index contributed by atoms with van der Waals surface area (Å²) in [6.07, 6.45) is 2.77. The molecule has 1 fully saturated rings. The SMILES string of the molecule is O=S(=O)(c1cccc(Cl)c1)c1cn(C2CCNC2)c2ccccc12. The van der Waals surface area contributed by atoms with Gasteiger partial charge in [-0.2, -0.15) is 0 Å². The highest BCUT2D eigenvalue weighted by atomic mass is 35.5. The van der Waals surface area contributed by atoms with Crippen LogP contribution < -0.4 is 5.32 Å². The van der Waals surface area contributed by atoms with Crippen molar-refractivity contribution in [2.75, 3.05) is 13.1 Å². The van der Waals surface area contributed by atoms with E-state index in [1.807, 2.05) is 24.3 Å². The highest BCUT2D eigenvalue weighted by molar-refractivity contribution is 7.91. The molecule has 1 aliphatic heterocycles. The molecule has 1 saturated heterocycles. The Labute approximate surface area is 146 Å². The van der Waals surface area contributed by atoms with Crippen LogP contribution in [0.3, 0.4) is 0 Å². The molecule has 1 unspecified atom stereocenters. The first-order valence-corrected chi connectivity index (χ1v) is 9.74. The molecule has 0 aliphatic carbocycles. The lowest BCUT2D eigenvalue weighted by Gasteiger charge is -2.12. The number of hydrogen-bond donors (Lipinski definition) is 1. The summed E-state index contributed by atoms with van der Waals surface area (Å²) in [5.74, 6) is 0. The van der Waals surface area contributed by atoms with Gasteiger partial charge in [0.1, 0.15) is 0 Å². The van der Waals surface area contributed by atoms with Crippen LogP contribution in [-0.4, -0.2) is 26.1 Å². The number of aromatic nitrogens is 1. The van der Waals surface area contributed by atoms with Crippen molar-refractivity contribution in [1.29, 1.82) is 0 Å². The number of benzene rings is 2. The second kappa shape index (κ2) is 5.92. The maximum absolute atomic E-state index is 13.1. The average molecular weight is 361 g/mol. The van der Waals surface area contributed by atoms with Crippen molar-refractivity contribution in [3.63, 3.8) is 0 Å². The Morgan fingerprint density at radius 2 is 1.96 bits per heavy atom. The molecule has 4 rings (SSSR count). The Kier molecular flexibility index (Phi) is 3.87. The molecule has 0 saturated carbocycles. The average Bonchev–Trinajstić information content (AvgIpc) is 3.22. The van der Waals surface area contributed by atoms with Crippen molar-refractivity contribution in [2.45, 2.75) is 22.3 Å². The third-order valence-electron chi connectivity index (χ3n) is 4.53. The number of sulfone groups is 1. The van der Waals surface area contributed by atoms with Gasteiger partial charge in [0.15, 0.2) is 0 Å². The molecule has 0 spiro atoms. The molecule has 1 N–H and O–H groups in total. The summed E-state index contributed by atoms with van der Waals surface area (Å²) in [5.41, 5.74) is 0.951. The van der Waals surface area contributed by atoms with Gasteiger partial charge in [0.25, 0.3) is 0 Å². The van der Waals surface area contributed by atoms with Gasteiger partial charge in [0, 0.05) is 34.7 Å². The second-order valence-electron chi connectivity index (χ2n) is 6.03. The molecule has 0 bridgehead atoms. The van der Waals surface area contributed by atoms with Gasteiger partial charge in [-0.1, -0.05) is 35.9 Å². The summed E-state index contributed by atoms with van der Waals surface area (Å²) in [7, 11) is -3.62. The van der Waals surface area contributed by atoms with Gasteiger partial charge in [-0.25, -0.2) is 8.42 Å². The molecule has 1 aliphatic rings. The van der Waals surface area contributed by atoms with Crippen molar-refractivity contribution >= 4 is 32.3 Å². The second-order valence-corrected chi connectivity index (χ2v) is 8.38. The first kappa shape index (κ1) is 15.7. The molecule has 24 heavy (non-hydrogen) atoms. The lowest BCUT2D eigenvalue weighted by atomic mass is 10.2. The summed E-state index contributed by atoms with van der Waals surface area (Å²) in [5, 5.41) is 4.51. The van der Waals surface area contributed by atoms with Crippen LogP contribution >= 0.6 is 11.6 Å². The number of halogens is 1. The summed E-state index contributed by atoms with van der Waals surface area (Å²) < 4.78 is 28.4. The first-order valence-electron chi connectivity index (χ1n) is 7.88. The van der Waals surface area contributed by atoms with E-state index < -0.39 is 9.84 Å². The normalized spacial score (nSPS) is 18.3. The van der Waals surface area contributed by atoms with Gasteiger partial charge in [0.2, 0.25) is 9.84 Å². The fourth-order valence-electron chi connectivity index (χ4n) is 3.33. The van der Waals surface area contributed by atoms with Crippen LogP contribution in [0.1, 0.15) is 12.5 Å². The van der Waals surface area contributed by atoms with Crippen LogP contribution in [-0.2, 0) is 9.84 Å². The Bertz CT molecular complexity index is 1000. The molecular formula is C18H17ClN2O2S. The van der Waals surface area contributed by atoms with E-state index in [0.29, 0.717) is 9.92 Å². The summed E-state index contributed by atoms with van der Waals surface area (Å²) >= 11 is 5.99. The Morgan fingerprint density at radius 3 is 2.71 bits per heavy atom. The van der Waals surface area contributed by atoms with E-state index in [0.717, 1.165) is 30.4 Å². The van der Waals surface area contributed by atoms with Gasteiger partial charge in [-0.15, -0.1) is 0 Å². The van der Waals surface area contributed by atoms with Crippen LogP contribution in [0.4, 0.5) is 0 Å². The molecule has 1 atom stereocenters. The zero-order valence-electron chi connectivity index (χ0n) is 12.9. The predicted molar refractivity (Wildman–Crippen MR) is 95.4 cm³/mol. The van der Waals surface area contributed by atoms with Crippen LogP contribution in [0.2, 0.25) is 5.02 Å². The van der Waals surface area contributed by atoms with E-state index in [4.69, 9.17) is 11.6 Å².